The molecule has 148 valence electrons. The van der Waals surface area contributed by atoms with Crippen LogP contribution >= 0.6 is 0 Å². The Morgan fingerprint density at radius 2 is 2.00 bits per heavy atom. The van der Waals surface area contributed by atoms with Crippen molar-refractivity contribution in [3.05, 3.63) is 35.7 Å². The molecule has 2 N–H and O–H groups in total. The van der Waals surface area contributed by atoms with Crippen molar-refractivity contribution >= 4 is 16.7 Å². The Morgan fingerprint density at radius 3 is 2.68 bits per heavy atom. The van der Waals surface area contributed by atoms with Crippen molar-refractivity contribution in [2.75, 3.05) is 24.5 Å². The second-order valence-electron chi connectivity index (χ2n) is 7.71. The van der Waals surface area contributed by atoms with Crippen LogP contribution in [0, 0.1) is 13.8 Å². The fourth-order valence-electron chi connectivity index (χ4n) is 3.73. The number of nitrogens with zero attached hydrogens (tertiary/aromatic N) is 4. The van der Waals surface area contributed by atoms with Crippen molar-refractivity contribution < 1.29 is 9.63 Å². The summed E-state index contributed by atoms with van der Waals surface area (Å²) in [6.45, 7) is 8.11. The number of nitrogens with one attached hydrogen (secondary N) is 1. The number of aryl methyl sites for hydroxylation is 2. The van der Waals surface area contributed by atoms with Gasteiger partial charge in [-0.05, 0) is 44.9 Å². The summed E-state index contributed by atoms with van der Waals surface area (Å²) in [6.07, 6.45) is 1.69. The molecule has 4 rings (SSSR count). The predicted octanol–water partition coefficient (Wildman–Crippen LogP) is 2.84. The van der Waals surface area contributed by atoms with Gasteiger partial charge in [-0.2, -0.15) is 4.98 Å². The highest BCUT2D eigenvalue weighted by molar-refractivity contribution is 5.88. The Labute approximate surface area is 164 Å². The zero-order valence-electron chi connectivity index (χ0n) is 16.6. The molecule has 0 amide bonds. The second kappa shape index (κ2) is 7.85. The Hall–Kier alpha value is -2.51. The molecule has 0 aliphatic carbocycles. The van der Waals surface area contributed by atoms with E-state index >= 15 is 0 Å². The molecule has 1 fully saturated rings. The number of pyridine rings is 1. The van der Waals surface area contributed by atoms with Crippen molar-refractivity contribution in [1.29, 1.82) is 0 Å². The van der Waals surface area contributed by atoms with Crippen LogP contribution in [0.1, 0.15) is 31.2 Å². The lowest BCUT2D eigenvalue weighted by atomic mass is 10.0. The van der Waals surface area contributed by atoms with Crippen molar-refractivity contribution in [3.63, 3.8) is 0 Å². The molecule has 7 nitrogen and oxygen atoms in total. The topological polar surface area (TPSA) is 87.3 Å². The van der Waals surface area contributed by atoms with Gasteiger partial charge in [0.15, 0.2) is 0 Å². The molecule has 0 unspecified atom stereocenters. The van der Waals surface area contributed by atoms with Crippen molar-refractivity contribution in [3.8, 4) is 11.4 Å². The molecule has 0 spiro atoms. The Morgan fingerprint density at radius 1 is 1.21 bits per heavy atom. The highest BCUT2D eigenvalue weighted by Crippen LogP contribution is 2.32. The van der Waals surface area contributed by atoms with Crippen LogP contribution in [0.3, 0.4) is 0 Å². The first-order valence-corrected chi connectivity index (χ1v) is 9.88. The molecule has 2 aromatic heterocycles. The quantitative estimate of drug-likeness (QED) is 0.703. The van der Waals surface area contributed by atoms with Crippen LogP contribution in [-0.2, 0) is 0 Å². The lowest BCUT2D eigenvalue weighted by Gasteiger charge is -2.34. The van der Waals surface area contributed by atoms with E-state index in [1.807, 2.05) is 6.92 Å². The number of aliphatic hydroxyl groups excluding tert-OH is 1. The van der Waals surface area contributed by atoms with E-state index in [1.165, 1.54) is 5.56 Å². The molecule has 1 aromatic carbocycles. The molecular weight excluding hydrogens is 354 g/mol. The number of hydrogen-bond donors (Lipinski definition) is 2. The van der Waals surface area contributed by atoms with Gasteiger partial charge in [0.05, 0.1) is 17.2 Å². The number of piperidine rings is 1. The summed E-state index contributed by atoms with van der Waals surface area (Å²) in [5.41, 5.74) is 3.08. The van der Waals surface area contributed by atoms with E-state index in [1.54, 1.807) is 6.92 Å². The zero-order valence-corrected chi connectivity index (χ0v) is 16.6. The molecule has 1 saturated heterocycles. The minimum absolute atomic E-state index is 0.322. The number of hydrogen-bond acceptors (Lipinski definition) is 7. The highest BCUT2D eigenvalue weighted by Gasteiger charge is 2.24. The maximum atomic E-state index is 9.49. The second-order valence-corrected chi connectivity index (χ2v) is 7.71. The number of rotatable bonds is 5. The third-order valence-corrected chi connectivity index (χ3v) is 5.22. The fraction of sp³-hybridized carbons (Fsp3) is 0.476. The minimum Gasteiger partial charge on any atom is -0.392 e. The number of fused-ring (bicyclic) bond motifs is 1. The molecule has 0 bridgehead atoms. The highest BCUT2D eigenvalue weighted by atomic mass is 16.5. The molecular formula is C21H27N5O2. The molecule has 7 heteroatoms. The molecule has 1 atom stereocenters. The van der Waals surface area contributed by atoms with E-state index < -0.39 is 0 Å². The van der Waals surface area contributed by atoms with E-state index in [0.717, 1.165) is 48.2 Å². The number of aliphatic hydroxyl groups is 1. The predicted molar refractivity (Wildman–Crippen MR) is 109 cm³/mol. The van der Waals surface area contributed by atoms with Crippen LogP contribution in [0.5, 0.6) is 0 Å². The van der Waals surface area contributed by atoms with Gasteiger partial charge in [0.1, 0.15) is 5.82 Å². The zero-order chi connectivity index (χ0) is 19.7. The van der Waals surface area contributed by atoms with Crippen LogP contribution in [0.25, 0.3) is 22.3 Å². The Kier molecular flexibility index (Phi) is 5.28. The van der Waals surface area contributed by atoms with Crippen LogP contribution in [0.4, 0.5) is 5.82 Å². The van der Waals surface area contributed by atoms with Gasteiger partial charge in [-0.1, -0.05) is 16.8 Å². The molecule has 1 aliphatic heterocycles. The molecule has 3 heterocycles. The van der Waals surface area contributed by atoms with Gasteiger partial charge in [-0.15, -0.1) is 0 Å². The van der Waals surface area contributed by atoms with Crippen LogP contribution in [-0.4, -0.2) is 52.0 Å². The standard InChI is InChI=1S/C21H27N5O2/c1-13-4-5-19-16(10-13)11-18(20-23-15(3)28-25-20)21(24-19)26-8-6-17(7-9-26)22-12-14(2)27/h4-5,10-11,14,17,22,27H,6-9,12H2,1-3H3/t14-/m1/s1. The van der Waals surface area contributed by atoms with Crippen LogP contribution < -0.4 is 10.2 Å². The average molecular weight is 381 g/mol. The normalized spacial score (nSPS) is 16.6. The third-order valence-electron chi connectivity index (χ3n) is 5.22. The van der Waals surface area contributed by atoms with Gasteiger partial charge >= 0.3 is 0 Å². The summed E-state index contributed by atoms with van der Waals surface area (Å²) in [5.74, 6) is 2.04. The first-order valence-electron chi connectivity index (χ1n) is 9.88. The maximum absolute atomic E-state index is 9.49. The summed E-state index contributed by atoms with van der Waals surface area (Å²) < 4.78 is 5.23. The molecule has 3 aromatic rings. The van der Waals surface area contributed by atoms with E-state index in [2.05, 4.69) is 51.5 Å². The van der Waals surface area contributed by atoms with E-state index in [-0.39, 0.29) is 6.10 Å². The molecule has 28 heavy (non-hydrogen) atoms. The summed E-state index contributed by atoms with van der Waals surface area (Å²) in [4.78, 5) is 11.7. The van der Waals surface area contributed by atoms with Gasteiger partial charge in [0.25, 0.3) is 0 Å². The van der Waals surface area contributed by atoms with Gasteiger partial charge < -0.3 is 19.8 Å². The average Bonchev–Trinajstić information content (AvgIpc) is 3.12. The number of aromatic nitrogens is 3. The lowest BCUT2D eigenvalue weighted by Crippen LogP contribution is -2.44. The summed E-state index contributed by atoms with van der Waals surface area (Å²) in [5, 5.41) is 18.2. The first-order chi connectivity index (χ1) is 13.5. The first kappa shape index (κ1) is 18.8. The summed E-state index contributed by atoms with van der Waals surface area (Å²) in [7, 11) is 0. The smallest absolute Gasteiger partial charge is 0.223 e. The van der Waals surface area contributed by atoms with Gasteiger partial charge in [-0.25, -0.2) is 4.98 Å². The number of anilines is 1. The van der Waals surface area contributed by atoms with E-state index in [9.17, 15) is 5.11 Å². The monoisotopic (exact) mass is 381 g/mol. The SMILES string of the molecule is Cc1ccc2nc(N3CCC(NC[C@@H](C)O)CC3)c(-c3noc(C)n3)cc2c1. The van der Waals surface area contributed by atoms with E-state index in [4.69, 9.17) is 9.51 Å². The Bertz CT molecular complexity index is 961. The van der Waals surface area contributed by atoms with Crippen molar-refractivity contribution in [2.45, 2.75) is 45.8 Å². The lowest BCUT2D eigenvalue weighted by molar-refractivity contribution is 0.183. The summed E-state index contributed by atoms with van der Waals surface area (Å²) in [6, 6.07) is 8.83. The summed E-state index contributed by atoms with van der Waals surface area (Å²) >= 11 is 0. The van der Waals surface area contributed by atoms with Crippen molar-refractivity contribution in [2.24, 2.45) is 0 Å². The van der Waals surface area contributed by atoms with Crippen LogP contribution in [0.15, 0.2) is 28.8 Å². The molecule has 0 saturated carbocycles. The largest absolute Gasteiger partial charge is 0.392 e. The maximum Gasteiger partial charge on any atom is 0.223 e. The molecule has 0 radical (unpaired) electrons. The van der Waals surface area contributed by atoms with E-state index in [0.29, 0.717) is 24.3 Å². The van der Waals surface area contributed by atoms with Gasteiger partial charge in [0, 0.05) is 38.0 Å². The van der Waals surface area contributed by atoms with Crippen LogP contribution in [0.2, 0.25) is 0 Å². The van der Waals surface area contributed by atoms with Crippen molar-refractivity contribution in [1.82, 2.24) is 20.4 Å². The van der Waals surface area contributed by atoms with Gasteiger partial charge in [-0.3, -0.25) is 0 Å². The molecule has 1 aliphatic rings. The third kappa shape index (κ3) is 4.00. The minimum atomic E-state index is -0.322. The Balaban J connectivity index is 1.65. The number of benzene rings is 1. The van der Waals surface area contributed by atoms with Gasteiger partial charge in [0.2, 0.25) is 11.7 Å². The fourth-order valence-corrected chi connectivity index (χ4v) is 3.73.